The summed E-state index contributed by atoms with van der Waals surface area (Å²) >= 11 is 0. The average molecular weight is 299 g/mol. The zero-order valence-electron chi connectivity index (χ0n) is 11.7. The van der Waals surface area contributed by atoms with E-state index >= 15 is 0 Å². The molecule has 0 amide bonds. The number of nitrogens with zero attached hydrogens (tertiary/aromatic N) is 1. The van der Waals surface area contributed by atoms with Crippen LogP contribution in [0.15, 0.2) is 65.8 Å². The van der Waals surface area contributed by atoms with E-state index in [0.717, 1.165) is 29.9 Å². The van der Waals surface area contributed by atoms with Crippen LogP contribution in [0.4, 0.5) is 0 Å². The van der Waals surface area contributed by atoms with Crippen LogP contribution in [0.3, 0.4) is 0 Å². The van der Waals surface area contributed by atoms with Gasteiger partial charge in [-0.3, -0.25) is 0 Å². The third-order valence-electron chi connectivity index (χ3n) is 4.14. The largest absolute Gasteiger partial charge is 0.411 e. The molecule has 3 nitrogen and oxygen atoms in total. The van der Waals surface area contributed by atoms with Gasteiger partial charge in [-0.1, -0.05) is 65.8 Å². The highest BCUT2D eigenvalue weighted by molar-refractivity contribution is 7.80. The standard InChI is InChI=1S/C17H18NO2P/c19-18-16-12-7-13-17(16)21(20,14-8-3-1-4-9-14)15-10-5-2-6-11-15/h1-6,8-11,17,19H,7,12-13H2/b18-16+. The summed E-state index contributed by atoms with van der Waals surface area (Å²) in [4.78, 5) is 0. The van der Waals surface area contributed by atoms with Gasteiger partial charge >= 0.3 is 0 Å². The van der Waals surface area contributed by atoms with E-state index in [1.54, 1.807) is 0 Å². The molecule has 0 heterocycles. The Balaban J connectivity index is 2.19. The van der Waals surface area contributed by atoms with Gasteiger partial charge in [0.15, 0.2) is 7.14 Å². The van der Waals surface area contributed by atoms with Crippen LogP contribution < -0.4 is 10.6 Å². The van der Waals surface area contributed by atoms with Gasteiger partial charge in [-0.15, -0.1) is 0 Å². The third kappa shape index (κ3) is 2.43. The highest BCUT2D eigenvalue weighted by Gasteiger charge is 2.42. The van der Waals surface area contributed by atoms with Gasteiger partial charge in [0.05, 0.1) is 11.4 Å². The van der Waals surface area contributed by atoms with Crippen molar-refractivity contribution in [2.24, 2.45) is 5.16 Å². The lowest BCUT2D eigenvalue weighted by atomic mass is 10.3. The fraction of sp³-hybridized carbons (Fsp3) is 0.235. The third-order valence-corrected chi connectivity index (χ3v) is 7.71. The summed E-state index contributed by atoms with van der Waals surface area (Å²) in [6.07, 6.45) is 2.46. The van der Waals surface area contributed by atoms with Crippen molar-refractivity contribution in [2.45, 2.75) is 24.9 Å². The van der Waals surface area contributed by atoms with Gasteiger partial charge in [-0.25, -0.2) is 0 Å². The maximum Gasteiger partial charge on any atom is 0.151 e. The molecule has 21 heavy (non-hydrogen) atoms. The molecule has 0 spiro atoms. The summed E-state index contributed by atoms with van der Waals surface area (Å²) in [5.41, 5.74) is 0.485. The van der Waals surface area contributed by atoms with Crippen molar-refractivity contribution in [1.29, 1.82) is 0 Å². The van der Waals surface area contributed by atoms with E-state index < -0.39 is 7.14 Å². The second-order valence-corrected chi connectivity index (χ2v) is 8.30. The van der Waals surface area contributed by atoms with E-state index in [0.29, 0.717) is 5.71 Å². The molecule has 0 aliphatic heterocycles. The van der Waals surface area contributed by atoms with E-state index in [4.69, 9.17) is 0 Å². The van der Waals surface area contributed by atoms with Crippen LogP contribution in [0.25, 0.3) is 0 Å². The monoisotopic (exact) mass is 299 g/mol. The van der Waals surface area contributed by atoms with Crippen LogP contribution >= 0.6 is 7.14 Å². The SMILES string of the molecule is O=P(c1ccccc1)(c1ccccc1)C1CCC/C1=N\O. The van der Waals surface area contributed by atoms with E-state index in [1.165, 1.54) is 0 Å². The fourth-order valence-corrected chi connectivity index (χ4v) is 6.52. The van der Waals surface area contributed by atoms with E-state index in [1.807, 2.05) is 60.7 Å². The second kappa shape index (κ2) is 5.87. The van der Waals surface area contributed by atoms with Gasteiger partial charge in [-0.05, 0) is 19.3 Å². The van der Waals surface area contributed by atoms with Crippen molar-refractivity contribution < 1.29 is 9.77 Å². The zero-order valence-corrected chi connectivity index (χ0v) is 12.6. The maximum atomic E-state index is 14.0. The Bertz CT molecular complexity index is 639. The van der Waals surface area contributed by atoms with Crippen molar-refractivity contribution in [2.75, 3.05) is 0 Å². The molecule has 4 heteroatoms. The Morgan fingerprint density at radius 1 is 0.952 bits per heavy atom. The van der Waals surface area contributed by atoms with Gasteiger partial charge in [0, 0.05) is 10.6 Å². The quantitative estimate of drug-likeness (QED) is 0.536. The molecule has 1 unspecified atom stereocenters. The Morgan fingerprint density at radius 3 is 1.95 bits per heavy atom. The minimum Gasteiger partial charge on any atom is -0.411 e. The molecule has 1 aliphatic carbocycles. The van der Waals surface area contributed by atoms with Crippen LogP contribution in [-0.2, 0) is 4.57 Å². The molecule has 1 saturated carbocycles. The summed E-state index contributed by atoms with van der Waals surface area (Å²) in [5, 5.41) is 14.4. The molecule has 0 saturated heterocycles. The first-order valence-corrected chi connectivity index (χ1v) is 8.96. The van der Waals surface area contributed by atoms with Crippen LogP contribution in [-0.4, -0.2) is 16.6 Å². The molecular formula is C17H18NO2P. The summed E-state index contributed by atoms with van der Waals surface area (Å²) in [6, 6.07) is 19.2. The smallest absolute Gasteiger partial charge is 0.151 e. The van der Waals surface area contributed by atoms with Gasteiger partial charge in [0.2, 0.25) is 0 Å². The van der Waals surface area contributed by atoms with Gasteiger partial charge < -0.3 is 9.77 Å². The first kappa shape index (κ1) is 14.1. The van der Waals surface area contributed by atoms with Crippen LogP contribution in [0.5, 0.6) is 0 Å². The number of oxime groups is 1. The summed E-state index contributed by atoms with van der Waals surface area (Å²) < 4.78 is 14.0. The van der Waals surface area contributed by atoms with Crippen molar-refractivity contribution in [3.05, 3.63) is 60.7 Å². The molecule has 0 bridgehead atoms. The van der Waals surface area contributed by atoms with Crippen molar-refractivity contribution in [3.63, 3.8) is 0 Å². The number of benzene rings is 2. The highest BCUT2D eigenvalue weighted by atomic mass is 31.2. The molecule has 1 aliphatic rings. The Morgan fingerprint density at radius 2 is 1.48 bits per heavy atom. The normalized spacial score (nSPS) is 20.8. The number of rotatable bonds is 3. The van der Waals surface area contributed by atoms with Gasteiger partial charge in [-0.2, -0.15) is 0 Å². The zero-order chi connectivity index (χ0) is 14.7. The Hall–Kier alpha value is -1.86. The van der Waals surface area contributed by atoms with Crippen molar-refractivity contribution >= 4 is 23.5 Å². The summed E-state index contributed by atoms with van der Waals surface area (Å²) in [5.74, 6) is 0. The van der Waals surface area contributed by atoms with Crippen LogP contribution in [0, 0.1) is 0 Å². The lowest BCUT2D eigenvalue weighted by Crippen LogP contribution is -2.28. The molecule has 0 radical (unpaired) electrons. The van der Waals surface area contributed by atoms with Crippen molar-refractivity contribution in [1.82, 2.24) is 0 Å². The molecule has 108 valence electrons. The second-order valence-electron chi connectivity index (χ2n) is 5.33. The highest BCUT2D eigenvalue weighted by Crippen LogP contribution is 2.53. The van der Waals surface area contributed by atoms with Gasteiger partial charge in [0.25, 0.3) is 0 Å². The number of hydrogen-bond donors (Lipinski definition) is 1. The average Bonchev–Trinajstić information content (AvgIpc) is 3.05. The Kier molecular flexibility index (Phi) is 3.94. The first-order chi connectivity index (χ1) is 10.3. The lowest BCUT2D eigenvalue weighted by Gasteiger charge is -2.25. The van der Waals surface area contributed by atoms with Gasteiger partial charge in [0.1, 0.15) is 0 Å². The fourth-order valence-electron chi connectivity index (χ4n) is 3.13. The Labute approximate surface area is 124 Å². The minimum absolute atomic E-state index is 0.188. The lowest BCUT2D eigenvalue weighted by molar-refractivity contribution is 0.317. The van der Waals surface area contributed by atoms with Crippen molar-refractivity contribution in [3.8, 4) is 0 Å². The molecule has 1 N–H and O–H groups in total. The summed E-state index contributed by atoms with van der Waals surface area (Å²) in [7, 11) is -2.84. The molecule has 2 aromatic carbocycles. The predicted molar refractivity (Wildman–Crippen MR) is 86.6 cm³/mol. The molecule has 1 atom stereocenters. The molecule has 1 fully saturated rings. The maximum absolute atomic E-state index is 14.0. The molecule has 3 rings (SSSR count). The van der Waals surface area contributed by atoms with Crippen LogP contribution in [0.1, 0.15) is 19.3 Å². The van der Waals surface area contributed by atoms with Crippen LogP contribution in [0.2, 0.25) is 0 Å². The summed E-state index contributed by atoms with van der Waals surface area (Å²) in [6.45, 7) is 0. The predicted octanol–water partition coefficient (Wildman–Crippen LogP) is 3.38. The minimum atomic E-state index is -2.84. The van der Waals surface area contributed by atoms with E-state index in [-0.39, 0.29) is 5.66 Å². The van der Waals surface area contributed by atoms with E-state index in [2.05, 4.69) is 5.16 Å². The first-order valence-electron chi connectivity index (χ1n) is 7.18. The molecule has 2 aromatic rings. The molecular weight excluding hydrogens is 281 g/mol. The number of hydrogen-bond acceptors (Lipinski definition) is 3. The van der Waals surface area contributed by atoms with E-state index in [9.17, 15) is 9.77 Å². The topological polar surface area (TPSA) is 49.7 Å². The molecule has 0 aromatic heterocycles.